The summed E-state index contributed by atoms with van der Waals surface area (Å²) >= 11 is 0. The van der Waals surface area contributed by atoms with E-state index in [0.29, 0.717) is 24.3 Å². The molecule has 26 heavy (non-hydrogen) atoms. The Kier molecular flexibility index (Phi) is 5.82. The van der Waals surface area contributed by atoms with Gasteiger partial charge in [-0.15, -0.1) is 0 Å². The van der Waals surface area contributed by atoms with Gasteiger partial charge in [-0.05, 0) is 45.0 Å². The van der Waals surface area contributed by atoms with Gasteiger partial charge in [0, 0.05) is 25.8 Å². The van der Waals surface area contributed by atoms with Crippen LogP contribution < -0.4 is 16.4 Å². The molecule has 8 nitrogen and oxygen atoms in total. The summed E-state index contributed by atoms with van der Waals surface area (Å²) in [5.74, 6) is -0.275. The smallest absolute Gasteiger partial charge is 0.318 e. The lowest BCUT2D eigenvalue weighted by molar-refractivity contribution is -0.121. The van der Waals surface area contributed by atoms with Gasteiger partial charge < -0.3 is 10.2 Å². The quantitative estimate of drug-likeness (QED) is 0.743. The molecule has 1 saturated heterocycles. The average molecular weight is 359 g/mol. The molecule has 140 valence electrons. The largest absolute Gasteiger partial charge is 0.353 e. The maximum atomic E-state index is 12.4. The van der Waals surface area contributed by atoms with E-state index in [1.54, 1.807) is 25.3 Å². The van der Waals surface area contributed by atoms with Crippen molar-refractivity contribution in [2.75, 3.05) is 26.2 Å². The number of aryl methyl sites for hydroxylation is 1. The molecular formula is C18H25N5O3. The highest BCUT2D eigenvalue weighted by Crippen LogP contribution is 2.08. The fourth-order valence-corrected chi connectivity index (χ4v) is 3.43. The number of fused-ring (bicyclic) bond motifs is 1. The molecule has 0 aromatic carbocycles. The number of hydrogen-bond acceptors (Lipinski definition) is 5. The van der Waals surface area contributed by atoms with Crippen molar-refractivity contribution in [1.82, 2.24) is 24.3 Å². The van der Waals surface area contributed by atoms with Crippen LogP contribution in [0.5, 0.6) is 0 Å². The molecule has 1 N–H and O–H groups in total. The van der Waals surface area contributed by atoms with Gasteiger partial charge in [-0.2, -0.15) is 0 Å². The third kappa shape index (κ3) is 3.85. The summed E-state index contributed by atoms with van der Waals surface area (Å²) in [7, 11) is 0. The third-order valence-corrected chi connectivity index (χ3v) is 4.80. The summed E-state index contributed by atoms with van der Waals surface area (Å²) in [6, 6.07) is 3.40. The van der Waals surface area contributed by atoms with E-state index in [4.69, 9.17) is 0 Å². The summed E-state index contributed by atoms with van der Waals surface area (Å²) < 4.78 is 2.55. The molecule has 0 saturated carbocycles. The van der Waals surface area contributed by atoms with Gasteiger partial charge in [0.2, 0.25) is 5.91 Å². The summed E-state index contributed by atoms with van der Waals surface area (Å²) in [6.45, 7) is 5.44. The van der Waals surface area contributed by atoms with Crippen LogP contribution in [0, 0.1) is 0 Å². The standard InChI is InChI=1S/C18H25N5O3/c1-2-22-16-14(7-6-8-20-16)23(18(26)17(22)25)13-15(24)19-9-12-21-10-4-3-5-11-21/h6-8H,2-5,9-13H2,1H3,(H,19,24). The molecule has 2 aromatic heterocycles. The van der Waals surface area contributed by atoms with E-state index >= 15 is 0 Å². The first-order valence-corrected chi connectivity index (χ1v) is 9.19. The minimum Gasteiger partial charge on any atom is -0.353 e. The van der Waals surface area contributed by atoms with E-state index in [0.717, 1.165) is 19.6 Å². The van der Waals surface area contributed by atoms with Crippen molar-refractivity contribution < 1.29 is 4.79 Å². The zero-order valence-corrected chi connectivity index (χ0v) is 15.1. The van der Waals surface area contributed by atoms with Crippen LogP contribution >= 0.6 is 0 Å². The lowest BCUT2D eigenvalue weighted by Crippen LogP contribution is -2.44. The van der Waals surface area contributed by atoms with Crippen LogP contribution in [0.2, 0.25) is 0 Å². The van der Waals surface area contributed by atoms with Gasteiger partial charge in [-0.3, -0.25) is 23.5 Å². The first kappa shape index (κ1) is 18.3. The number of amides is 1. The Morgan fingerprint density at radius 1 is 1.15 bits per heavy atom. The number of nitrogens with zero attached hydrogens (tertiary/aromatic N) is 4. The second kappa shape index (κ2) is 8.27. The van der Waals surface area contributed by atoms with Gasteiger partial charge in [0.05, 0.1) is 5.52 Å². The van der Waals surface area contributed by atoms with Crippen molar-refractivity contribution in [3.8, 4) is 0 Å². The first-order valence-electron chi connectivity index (χ1n) is 9.19. The average Bonchev–Trinajstić information content (AvgIpc) is 2.67. The van der Waals surface area contributed by atoms with Crippen LogP contribution in [0.1, 0.15) is 26.2 Å². The predicted octanol–water partition coefficient (Wildman–Crippen LogP) is 0.180. The topological polar surface area (TPSA) is 89.2 Å². The second-order valence-electron chi connectivity index (χ2n) is 6.54. The number of aromatic nitrogens is 3. The van der Waals surface area contributed by atoms with Gasteiger partial charge in [0.15, 0.2) is 5.65 Å². The number of hydrogen-bond donors (Lipinski definition) is 1. The maximum Gasteiger partial charge on any atom is 0.318 e. The van der Waals surface area contributed by atoms with Crippen molar-refractivity contribution in [2.24, 2.45) is 0 Å². The third-order valence-electron chi connectivity index (χ3n) is 4.80. The normalized spacial score (nSPS) is 15.3. The van der Waals surface area contributed by atoms with Crippen molar-refractivity contribution in [2.45, 2.75) is 39.3 Å². The number of pyridine rings is 1. The van der Waals surface area contributed by atoms with Crippen LogP contribution in [0.15, 0.2) is 27.9 Å². The van der Waals surface area contributed by atoms with Crippen molar-refractivity contribution in [3.63, 3.8) is 0 Å². The molecular weight excluding hydrogens is 334 g/mol. The molecule has 1 aliphatic heterocycles. The molecule has 2 aromatic rings. The van der Waals surface area contributed by atoms with E-state index in [1.807, 2.05) is 0 Å². The Morgan fingerprint density at radius 2 is 1.88 bits per heavy atom. The fourth-order valence-electron chi connectivity index (χ4n) is 3.43. The van der Waals surface area contributed by atoms with E-state index in [9.17, 15) is 14.4 Å². The highest BCUT2D eigenvalue weighted by atomic mass is 16.2. The first-order chi connectivity index (χ1) is 12.6. The van der Waals surface area contributed by atoms with Crippen molar-refractivity contribution >= 4 is 17.1 Å². The molecule has 0 spiro atoms. The second-order valence-corrected chi connectivity index (χ2v) is 6.54. The van der Waals surface area contributed by atoms with Gasteiger partial charge in [-0.1, -0.05) is 6.42 Å². The molecule has 3 rings (SSSR count). The zero-order chi connectivity index (χ0) is 18.5. The Bertz CT molecular complexity index is 896. The molecule has 3 heterocycles. The number of piperidine rings is 1. The summed E-state index contributed by atoms with van der Waals surface area (Å²) in [4.78, 5) is 43.6. The molecule has 1 fully saturated rings. The molecule has 1 amide bonds. The maximum absolute atomic E-state index is 12.4. The molecule has 0 bridgehead atoms. The van der Waals surface area contributed by atoms with E-state index in [1.165, 1.54) is 28.4 Å². The molecule has 8 heteroatoms. The van der Waals surface area contributed by atoms with Crippen molar-refractivity contribution in [1.29, 1.82) is 0 Å². The molecule has 0 aliphatic carbocycles. The van der Waals surface area contributed by atoms with E-state index in [2.05, 4.69) is 15.2 Å². The molecule has 0 unspecified atom stereocenters. The summed E-state index contributed by atoms with van der Waals surface area (Å²) in [5, 5.41) is 2.85. The zero-order valence-electron chi connectivity index (χ0n) is 15.1. The number of carbonyl (C=O) groups is 1. The number of nitrogens with one attached hydrogen (secondary N) is 1. The molecule has 0 atom stereocenters. The SMILES string of the molecule is CCn1c(=O)c(=O)n(CC(=O)NCCN2CCCCC2)c2cccnc21. The van der Waals surface area contributed by atoms with Gasteiger partial charge >= 0.3 is 11.1 Å². The predicted molar refractivity (Wildman–Crippen MR) is 99.2 cm³/mol. The molecule has 0 radical (unpaired) electrons. The van der Waals surface area contributed by atoms with Crippen LogP contribution in [0.3, 0.4) is 0 Å². The minimum atomic E-state index is -0.696. The Morgan fingerprint density at radius 3 is 2.62 bits per heavy atom. The Labute approximate surface area is 151 Å². The van der Waals surface area contributed by atoms with Crippen LogP contribution in [-0.2, 0) is 17.9 Å². The summed E-state index contributed by atoms with van der Waals surface area (Å²) in [6.07, 6.45) is 5.25. The Hall–Kier alpha value is -2.48. The minimum absolute atomic E-state index is 0.180. The Balaban J connectivity index is 1.74. The highest BCUT2D eigenvalue weighted by molar-refractivity contribution is 5.78. The fraction of sp³-hybridized carbons (Fsp3) is 0.556. The van der Waals surface area contributed by atoms with E-state index in [-0.39, 0.29) is 12.5 Å². The lowest BCUT2D eigenvalue weighted by Gasteiger charge is -2.26. The van der Waals surface area contributed by atoms with Crippen LogP contribution in [0.25, 0.3) is 11.2 Å². The van der Waals surface area contributed by atoms with Crippen LogP contribution in [-0.4, -0.2) is 51.1 Å². The number of likely N-dealkylation sites (tertiary alicyclic amines) is 1. The lowest BCUT2D eigenvalue weighted by atomic mass is 10.1. The highest BCUT2D eigenvalue weighted by Gasteiger charge is 2.15. The molecule has 1 aliphatic rings. The summed E-state index contributed by atoms with van der Waals surface area (Å²) in [5.41, 5.74) is -0.441. The number of carbonyl (C=O) groups excluding carboxylic acids is 1. The monoisotopic (exact) mass is 359 g/mol. The van der Waals surface area contributed by atoms with Gasteiger partial charge in [0.1, 0.15) is 6.54 Å². The van der Waals surface area contributed by atoms with Gasteiger partial charge in [-0.25, -0.2) is 4.98 Å². The number of rotatable bonds is 6. The van der Waals surface area contributed by atoms with Crippen molar-refractivity contribution in [3.05, 3.63) is 39.0 Å². The van der Waals surface area contributed by atoms with Gasteiger partial charge in [0.25, 0.3) is 0 Å². The van der Waals surface area contributed by atoms with Crippen LogP contribution in [0.4, 0.5) is 0 Å². The van der Waals surface area contributed by atoms with E-state index < -0.39 is 11.1 Å².